The van der Waals surface area contributed by atoms with Gasteiger partial charge in [-0.15, -0.1) is 0 Å². The van der Waals surface area contributed by atoms with Gasteiger partial charge in [-0.1, -0.05) is 11.6 Å². The Hall–Kier alpha value is -3.30. The quantitative estimate of drug-likeness (QED) is 0.368. The molecule has 0 saturated carbocycles. The van der Waals surface area contributed by atoms with Crippen molar-refractivity contribution in [2.24, 2.45) is 0 Å². The van der Waals surface area contributed by atoms with Crippen molar-refractivity contribution < 1.29 is 4.79 Å². The molecule has 4 rings (SSSR count). The molecule has 0 atom stereocenters. The minimum Gasteiger partial charge on any atom is -0.337 e. The zero-order valence-corrected chi connectivity index (χ0v) is 20.7. The average Bonchev–Trinajstić information content (AvgIpc) is 3.45. The third-order valence-electron chi connectivity index (χ3n) is 5.82. The first kappa shape index (κ1) is 23.8. The van der Waals surface area contributed by atoms with E-state index in [-0.39, 0.29) is 5.91 Å². The second-order valence-electron chi connectivity index (χ2n) is 8.24. The van der Waals surface area contributed by atoms with E-state index in [0.29, 0.717) is 39.7 Å². The number of rotatable bonds is 9. The number of carbonyl (C=O) groups is 1. The summed E-state index contributed by atoms with van der Waals surface area (Å²) in [5.41, 5.74) is 3.61. The van der Waals surface area contributed by atoms with Gasteiger partial charge in [0.2, 0.25) is 0 Å². The molecule has 3 heterocycles. The standard InChI is InChI=1S/C24H29ClN8O/c1-5-33-16(2)17(12-28-33)13-31(4)24(34)22-19-11-18(25)7-8-20(19)29-23(30-22)21-14-32(15-27-21)10-6-9-26-3/h7-8,11-12,14-15,26H,5-6,9-10,13H2,1-4H3. The SMILES string of the molecule is CCn1ncc(CN(C)C(=O)c2nc(-c3cn(CCCNC)cn3)nc3ccc(Cl)cc23)c1C. The molecular weight excluding hydrogens is 452 g/mol. The van der Waals surface area contributed by atoms with Gasteiger partial charge in [0.1, 0.15) is 11.4 Å². The van der Waals surface area contributed by atoms with Gasteiger partial charge in [-0.05, 0) is 52.1 Å². The highest BCUT2D eigenvalue weighted by Crippen LogP contribution is 2.25. The largest absolute Gasteiger partial charge is 0.337 e. The number of imidazole rings is 1. The van der Waals surface area contributed by atoms with Gasteiger partial charge in [0.25, 0.3) is 5.91 Å². The van der Waals surface area contributed by atoms with Crippen molar-refractivity contribution in [3.05, 3.63) is 58.9 Å². The van der Waals surface area contributed by atoms with Crippen LogP contribution in [-0.4, -0.2) is 60.7 Å². The monoisotopic (exact) mass is 480 g/mol. The van der Waals surface area contributed by atoms with Crippen LogP contribution in [0.15, 0.2) is 36.9 Å². The van der Waals surface area contributed by atoms with Gasteiger partial charge >= 0.3 is 0 Å². The number of nitrogens with zero attached hydrogens (tertiary/aromatic N) is 7. The molecule has 0 unspecified atom stereocenters. The fourth-order valence-corrected chi connectivity index (χ4v) is 4.05. The second kappa shape index (κ2) is 10.3. The van der Waals surface area contributed by atoms with Gasteiger partial charge in [0.05, 0.1) is 18.0 Å². The summed E-state index contributed by atoms with van der Waals surface area (Å²) in [4.78, 5) is 29.0. The van der Waals surface area contributed by atoms with Crippen LogP contribution >= 0.6 is 11.6 Å². The Morgan fingerprint density at radius 3 is 2.82 bits per heavy atom. The number of halogens is 1. The summed E-state index contributed by atoms with van der Waals surface area (Å²) >= 11 is 6.25. The van der Waals surface area contributed by atoms with Crippen molar-refractivity contribution in [3.8, 4) is 11.5 Å². The molecule has 0 saturated heterocycles. The lowest BCUT2D eigenvalue weighted by Crippen LogP contribution is -2.27. The van der Waals surface area contributed by atoms with Crippen LogP contribution in [0.2, 0.25) is 5.02 Å². The molecule has 0 aliphatic carbocycles. The highest BCUT2D eigenvalue weighted by Gasteiger charge is 2.21. The fraction of sp³-hybridized carbons (Fsp3) is 0.375. The third kappa shape index (κ3) is 4.95. The Kier molecular flexibility index (Phi) is 7.23. The topological polar surface area (TPSA) is 93.8 Å². The molecule has 1 amide bonds. The minimum atomic E-state index is -0.215. The normalized spacial score (nSPS) is 11.3. The summed E-state index contributed by atoms with van der Waals surface area (Å²) in [6.45, 7) is 7.00. The van der Waals surface area contributed by atoms with Crippen molar-refractivity contribution in [1.82, 2.24) is 39.5 Å². The fourth-order valence-electron chi connectivity index (χ4n) is 3.88. The molecule has 0 radical (unpaired) electrons. The van der Waals surface area contributed by atoms with E-state index >= 15 is 0 Å². The molecular formula is C24H29ClN8O. The zero-order chi connectivity index (χ0) is 24.2. The van der Waals surface area contributed by atoms with Crippen LogP contribution in [0, 0.1) is 6.92 Å². The molecule has 0 bridgehead atoms. The summed E-state index contributed by atoms with van der Waals surface area (Å²) in [6, 6.07) is 5.30. The number of aromatic nitrogens is 6. The second-order valence-corrected chi connectivity index (χ2v) is 8.68. The maximum absolute atomic E-state index is 13.6. The molecule has 9 nitrogen and oxygen atoms in total. The highest BCUT2D eigenvalue weighted by atomic mass is 35.5. The van der Waals surface area contributed by atoms with Gasteiger partial charge in [-0.3, -0.25) is 9.48 Å². The van der Waals surface area contributed by atoms with Gasteiger partial charge < -0.3 is 14.8 Å². The molecule has 3 aromatic heterocycles. The minimum absolute atomic E-state index is 0.215. The summed E-state index contributed by atoms with van der Waals surface area (Å²) in [5.74, 6) is 0.196. The summed E-state index contributed by atoms with van der Waals surface area (Å²) < 4.78 is 3.92. The molecule has 0 spiro atoms. The number of aryl methyl sites for hydroxylation is 2. The smallest absolute Gasteiger partial charge is 0.273 e. The van der Waals surface area contributed by atoms with Crippen molar-refractivity contribution in [2.45, 2.75) is 39.9 Å². The third-order valence-corrected chi connectivity index (χ3v) is 6.06. The number of fused-ring (bicyclic) bond motifs is 1. The van der Waals surface area contributed by atoms with Crippen LogP contribution in [0.4, 0.5) is 0 Å². The Labute approximate surface area is 203 Å². The van der Waals surface area contributed by atoms with Gasteiger partial charge in [-0.25, -0.2) is 15.0 Å². The summed E-state index contributed by atoms with van der Waals surface area (Å²) in [6.07, 6.45) is 6.46. The lowest BCUT2D eigenvalue weighted by molar-refractivity contribution is 0.0781. The molecule has 0 fully saturated rings. The molecule has 0 aliphatic rings. The van der Waals surface area contributed by atoms with E-state index in [1.807, 2.05) is 42.5 Å². The Balaban J connectivity index is 1.68. The lowest BCUT2D eigenvalue weighted by Gasteiger charge is -2.18. The first-order valence-corrected chi connectivity index (χ1v) is 11.7. The molecule has 0 aliphatic heterocycles. The number of carbonyl (C=O) groups excluding carboxylic acids is 1. The molecule has 1 aromatic carbocycles. The van der Waals surface area contributed by atoms with E-state index in [4.69, 9.17) is 11.6 Å². The van der Waals surface area contributed by atoms with Crippen LogP contribution in [0.5, 0.6) is 0 Å². The van der Waals surface area contributed by atoms with Crippen molar-refractivity contribution >= 4 is 28.4 Å². The Bertz CT molecular complexity index is 1310. The predicted molar refractivity (Wildman–Crippen MR) is 133 cm³/mol. The Morgan fingerprint density at radius 1 is 1.26 bits per heavy atom. The number of hydrogen-bond donors (Lipinski definition) is 1. The molecule has 1 N–H and O–H groups in total. The maximum Gasteiger partial charge on any atom is 0.273 e. The van der Waals surface area contributed by atoms with Gasteiger partial charge in [0.15, 0.2) is 5.82 Å². The van der Waals surface area contributed by atoms with E-state index in [0.717, 1.165) is 37.3 Å². The molecule has 4 aromatic rings. The first-order chi connectivity index (χ1) is 16.4. The first-order valence-electron chi connectivity index (χ1n) is 11.3. The molecule has 178 valence electrons. The van der Waals surface area contributed by atoms with Gasteiger partial charge in [0, 0.05) is 54.5 Å². The van der Waals surface area contributed by atoms with Crippen LogP contribution in [0.3, 0.4) is 0 Å². The number of amides is 1. The highest BCUT2D eigenvalue weighted by molar-refractivity contribution is 6.31. The van der Waals surface area contributed by atoms with E-state index in [1.54, 1.807) is 36.5 Å². The van der Waals surface area contributed by atoms with Crippen LogP contribution in [-0.2, 0) is 19.6 Å². The lowest BCUT2D eigenvalue weighted by atomic mass is 10.1. The number of benzene rings is 1. The van der Waals surface area contributed by atoms with E-state index in [1.165, 1.54) is 0 Å². The number of nitrogens with one attached hydrogen (secondary N) is 1. The van der Waals surface area contributed by atoms with Crippen LogP contribution in [0.1, 0.15) is 35.1 Å². The van der Waals surface area contributed by atoms with Crippen molar-refractivity contribution in [1.29, 1.82) is 0 Å². The van der Waals surface area contributed by atoms with Crippen molar-refractivity contribution in [3.63, 3.8) is 0 Å². The number of hydrogen-bond acceptors (Lipinski definition) is 6. The average molecular weight is 481 g/mol. The van der Waals surface area contributed by atoms with Crippen LogP contribution in [0.25, 0.3) is 22.4 Å². The van der Waals surface area contributed by atoms with E-state index in [2.05, 4.69) is 25.4 Å². The predicted octanol–water partition coefficient (Wildman–Crippen LogP) is 3.55. The van der Waals surface area contributed by atoms with E-state index in [9.17, 15) is 4.79 Å². The van der Waals surface area contributed by atoms with E-state index < -0.39 is 0 Å². The molecule has 10 heteroatoms. The van der Waals surface area contributed by atoms with Gasteiger partial charge in [-0.2, -0.15) is 5.10 Å². The van der Waals surface area contributed by atoms with Crippen molar-refractivity contribution in [2.75, 3.05) is 20.6 Å². The molecule has 34 heavy (non-hydrogen) atoms. The maximum atomic E-state index is 13.6. The summed E-state index contributed by atoms with van der Waals surface area (Å²) in [7, 11) is 3.70. The van der Waals surface area contributed by atoms with Crippen LogP contribution < -0.4 is 5.32 Å². The zero-order valence-electron chi connectivity index (χ0n) is 19.9. The summed E-state index contributed by atoms with van der Waals surface area (Å²) in [5, 5.41) is 8.66. The Morgan fingerprint density at radius 2 is 2.09 bits per heavy atom.